The molecule has 4 nitrogen and oxygen atoms in total. The number of amides is 3. The monoisotopic (exact) mass is 258 g/mol. The molecule has 1 heterocycles. The molecule has 5 heteroatoms. The number of imide groups is 1. The molecule has 1 unspecified atom stereocenters. The Labute approximate surface area is 109 Å². The normalized spacial score (nSPS) is 24.3. The quantitative estimate of drug-likeness (QED) is 0.418. The lowest BCUT2D eigenvalue weighted by Gasteiger charge is -2.19. The molecule has 1 aliphatic heterocycles. The summed E-state index contributed by atoms with van der Waals surface area (Å²) in [6.07, 6.45) is 4.76. The Hall–Kier alpha value is -0.710. The topological polar surface area (TPSA) is 49.4 Å². The first-order chi connectivity index (χ1) is 8.05. The van der Waals surface area contributed by atoms with Crippen LogP contribution >= 0.6 is 12.6 Å². The lowest BCUT2D eigenvalue weighted by molar-refractivity contribution is -0.130. The first kappa shape index (κ1) is 14.4. The Morgan fingerprint density at radius 3 is 2.41 bits per heavy atom. The predicted octanol–water partition coefficient (Wildman–Crippen LogP) is 2.20. The first-order valence-corrected chi connectivity index (χ1v) is 6.93. The zero-order valence-corrected chi connectivity index (χ0v) is 11.6. The number of hydrogen-bond acceptors (Lipinski definition) is 3. The highest BCUT2D eigenvalue weighted by Gasteiger charge is 2.45. The van der Waals surface area contributed by atoms with Crippen molar-refractivity contribution in [2.75, 3.05) is 12.3 Å². The summed E-state index contributed by atoms with van der Waals surface area (Å²) in [7, 11) is 0. The minimum atomic E-state index is -0.692. The van der Waals surface area contributed by atoms with E-state index in [9.17, 15) is 9.59 Å². The smallest absolute Gasteiger partial charge is 0.323 e. The van der Waals surface area contributed by atoms with Crippen molar-refractivity contribution in [2.45, 2.75) is 51.5 Å². The average Bonchev–Trinajstić information content (AvgIpc) is 2.52. The van der Waals surface area contributed by atoms with Crippen molar-refractivity contribution >= 4 is 24.6 Å². The molecule has 0 aromatic heterocycles. The number of carbonyl (C=O) groups is 2. The summed E-state index contributed by atoms with van der Waals surface area (Å²) in [6.45, 7) is 4.23. The van der Waals surface area contributed by atoms with Gasteiger partial charge in [0.05, 0.1) is 0 Å². The Balaban J connectivity index is 2.39. The lowest BCUT2D eigenvalue weighted by atomic mass is 9.99. The van der Waals surface area contributed by atoms with Gasteiger partial charge in [0.15, 0.2) is 0 Å². The van der Waals surface area contributed by atoms with Crippen LogP contribution in [0.15, 0.2) is 0 Å². The SMILES string of the molecule is CCC1(C)NC(=O)N(CCCCCCS)C1=O. The zero-order valence-electron chi connectivity index (χ0n) is 10.7. The molecule has 1 atom stereocenters. The molecule has 0 radical (unpaired) electrons. The summed E-state index contributed by atoms with van der Waals surface area (Å²) in [4.78, 5) is 25.0. The van der Waals surface area contributed by atoms with Crippen molar-refractivity contribution in [3.8, 4) is 0 Å². The van der Waals surface area contributed by atoms with Crippen LogP contribution in [0, 0.1) is 0 Å². The van der Waals surface area contributed by atoms with Crippen molar-refractivity contribution in [1.82, 2.24) is 10.2 Å². The Kier molecular flexibility index (Phi) is 5.31. The van der Waals surface area contributed by atoms with Gasteiger partial charge in [0.25, 0.3) is 5.91 Å². The van der Waals surface area contributed by atoms with Gasteiger partial charge in [0, 0.05) is 6.54 Å². The molecule has 1 N–H and O–H groups in total. The molecule has 0 aromatic rings. The van der Waals surface area contributed by atoms with Gasteiger partial charge in [-0.15, -0.1) is 0 Å². The summed E-state index contributed by atoms with van der Waals surface area (Å²) in [6, 6.07) is -0.242. The highest BCUT2D eigenvalue weighted by atomic mass is 32.1. The van der Waals surface area contributed by atoms with E-state index in [1.807, 2.05) is 6.92 Å². The Morgan fingerprint density at radius 2 is 1.88 bits per heavy atom. The van der Waals surface area contributed by atoms with Crippen molar-refractivity contribution in [2.24, 2.45) is 0 Å². The molecule has 1 saturated heterocycles. The van der Waals surface area contributed by atoms with Crippen molar-refractivity contribution in [3.63, 3.8) is 0 Å². The van der Waals surface area contributed by atoms with E-state index >= 15 is 0 Å². The Morgan fingerprint density at radius 1 is 1.24 bits per heavy atom. The number of hydrogen-bond donors (Lipinski definition) is 2. The van der Waals surface area contributed by atoms with Crippen LogP contribution in [0.25, 0.3) is 0 Å². The summed E-state index contributed by atoms with van der Waals surface area (Å²) >= 11 is 4.15. The Bertz CT molecular complexity index is 296. The minimum absolute atomic E-state index is 0.0841. The fourth-order valence-electron chi connectivity index (χ4n) is 1.93. The van der Waals surface area contributed by atoms with Gasteiger partial charge in [-0.2, -0.15) is 12.6 Å². The van der Waals surface area contributed by atoms with Crippen LogP contribution in [0.4, 0.5) is 4.79 Å². The van der Waals surface area contributed by atoms with Crippen LogP contribution in [0.5, 0.6) is 0 Å². The third-order valence-corrected chi connectivity index (χ3v) is 3.66. The minimum Gasteiger partial charge on any atom is -0.323 e. The van der Waals surface area contributed by atoms with Crippen LogP contribution < -0.4 is 5.32 Å². The number of nitrogens with zero attached hydrogens (tertiary/aromatic N) is 1. The molecule has 1 fully saturated rings. The molecule has 1 aliphatic rings. The van der Waals surface area contributed by atoms with E-state index in [0.717, 1.165) is 31.4 Å². The van der Waals surface area contributed by atoms with Gasteiger partial charge in [-0.1, -0.05) is 19.8 Å². The van der Waals surface area contributed by atoms with Crippen LogP contribution in [0.1, 0.15) is 46.0 Å². The molecule has 0 aromatic carbocycles. The van der Waals surface area contributed by atoms with Gasteiger partial charge < -0.3 is 5.32 Å². The number of unbranched alkanes of at least 4 members (excludes halogenated alkanes) is 3. The lowest BCUT2D eigenvalue weighted by Crippen LogP contribution is -2.43. The molecule has 1 rings (SSSR count). The predicted molar refractivity (Wildman–Crippen MR) is 71.3 cm³/mol. The molecule has 0 aliphatic carbocycles. The maximum Gasteiger partial charge on any atom is 0.325 e. The maximum absolute atomic E-state index is 12.0. The highest BCUT2D eigenvalue weighted by molar-refractivity contribution is 7.80. The third-order valence-electron chi connectivity index (χ3n) is 3.34. The van der Waals surface area contributed by atoms with Gasteiger partial charge in [-0.3, -0.25) is 9.69 Å². The standard InChI is InChI=1S/C12H22N2O2S/c1-3-12(2)10(15)14(11(16)13-12)8-6-4-5-7-9-17/h17H,3-9H2,1-2H3,(H,13,16). The first-order valence-electron chi connectivity index (χ1n) is 6.30. The van der Waals surface area contributed by atoms with Gasteiger partial charge in [0.2, 0.25) is 0 Å². The number of carbonyl (C=O) groups excluding carboxylic acids is 2. The fourth-order valence-corrected chi connectivity index (χ4v) is 2.15. The van der Waals surface area contributed by atoms with E-state index in [1.165, 1.54) is 4.90 Å². The summed E-state index contributed by atoms with van der Waals surface area (Å²) in [5, 5.41) is 2.76. The number of urea groups is 1. The number of rotatable bonds is 7. The van der Waals surface area contributed by atoms with Gasteiger partial charge in [0.1, 0.15) is 5.54 Å². The molecule has 0 saturated carbocycles. The molecule has 0 bridgehead atoms. The summed E-state index contributed by atoms with van der Waals surface area (Å²) in [5.41, 5.74) is -0.692. The van der Waals surface area contributed by atoms with E-state index in [2.05, 4.69) is 17.9 Å². The fraction of sp³-hybridized carbons (Fsp3) is 0.833. The molecule has 0 spiro atoms. The van der Waals surface area contributed by atoms with E-state index in [0.29, 0.717) is 13.0 Å². The molecular weight excluding hydrogens is 236 g/mol. The second-order valence-electron chi connectivity index (χ2n) is 4.71. The third kappa shape index (κ3) is 3.37. The summed E-state index contributed by atoms with van der Waals surface area (Å²) in [5.74, 6) is 0.816. The van der Waals surface area contributed by atoms with Gasteiger partial charge >= 0.3 is 6.03 Å². The second-order valence-corrected chi connectivity index (χ2v) is 5.16. The van der Waals surface area contributed by atoms with Crippen LogP contribution in [-0.4, -0.2) is 34.7 Å². The number of nitrogens with one attached hydrogen (secondary N) is 1. The molecule has 3 amide bonds. The van der Waals surface area contributed by atoms with Crippen molar-refractivity contribution in [1.29, 1.82) is 0 Å². The maximum atomic E-state index is 12.0. The van der Waals surface area contributed by atoms with Crippen LogP contribution in [0.3, 0.4) is 0 Å². The zero-order chi connectivity index (χ0) is 12.9. The molecule has 17 heavy (non-hydrogen) atoms. The van der Waals surface area contributed by atoms with E-state index < -0.39 is 5.54 Å². The van der Waals surface area contributed by atoms with E-state index in [1.54, 1.807) is 6.92 Å². The molecule has 98 valence electrons. The highest BCUT2D eigenvalue weighted by Crippen LogP contribution is 2.21. The van der Waals surface area contributed by atoms with E-state index in [4.69, 9.17) is 0 Å². The number of thiol groups is 1. The average molecular weight is 258 g/mol. The molecular formula is C12H22N2O2S. The largest absolute Gasteiger partial charge is 0.325 e. The summed E-state index contributed by atoms with van der Waals surface area (Å²) < 4.78 is 0. The van der Waals surface area contributed by atoms with Crippen LogP contribution in [0.2, 0.25) is 0 Å². The van der Waals surface area contributed by atoms with E-state index in [-0.39, 0.29) is 11.9 Å². The van der Waals surface area contributed by atoms with Crippen molar-refractivity contribution < 1.29 is 9.59 Å². The van der Waals surface area contributed by atoms with Gasteiger partial charge in [-0.25, -0.2) is 4.79 Å². The van der Waals surface area contributed by atoms with Crippen molar-refractivity contribution in [3.05, 3.63) is 0 Å². The second kappa shape index (κ2) is 6.28. The van der Waals surface area contributed by atoms with Crippen LogP contribution in [-0.2, 0) is 4.79 Å². The van der Waals surface area contributed by atoms with Gasteiger partial charge in [-0.05, 0) is 31.9 Å².